The number of rotatable bonds is 6. The van der Waals surface area contributed by atoms with E-state index in [1.807, 2.05) is 0 Å². The van der Waals surface area contributed by atoms with Crippen molar-refractivity contribution >= 4 is 40.7 Å². The van der Waals surface area contributed by atoms with Crippen LogP contribution < -0.4 is 10.6 Å². The number of amides is 2. The van der Waals surface area contributed by atoms with Crippen LogP contribution in [0.5, 0.6) is 0 Å². The standard InChI is InChI=1S/C19H20Cl2N2O2/c1-12(2)6-7-22-18(24)13-4-3-5-14(8-13)19(25)23-17-10-15(20)9-16(21)11-17/h3-5,8-12H,6-7H2,1-2H3,(H,22,24)(H,23,25). The fourth-order valence-corrected chi connectivity index (χ4v) is 2.73. The predicted octanol–water partition coefficient (Wildman–Crippen LogP) is 5.02. The zero-order valence-corrected chi connectivity index (χ0v) is 15.6. The Morgan fingerprint density at radius 3 is 2.16 bits per heavy atom. The lowest BCUT2D eigenvalue weighted by Gasteiger charge is -2.09. The van der Waals surface area contributed by atoms with E-state index < -0.39 is 0 Å². The maximum Gasteiger partial charge on any atom is 0.255 e. The van der Waals surface area contributed by atoms with Crippen LogP contribution in [0.1, 0.15) is 41.0 Å². The maximum atomic E-state index is 12.4. The van der Waals surface area contributed by atoms with Gasteiger partial charge in [0.25, 0.3) is 11.8 Å². The molecule has 132 valence electrons. The lowest BCUT2D eigenvalue weighted by atomic mass is 10.1. The van der Waals surface area contributed by atoms with Gasteiger partial charge in [-0.05, 0) is 48.7 Å². The molecule has 2 amide bonds. The molecule has 2 N–H and O–H groups in total. The molecule has 0 fully saturated rings. The largest absolute Gasteiger partial charge is 0.352 e. The molecule has 0 aliphatic heterocycles. The molecule has 0 unspecified atom stereocenters. The SMILES string of the molecule is CC(C)CCNC(=O)c1cccc(C(=O)Nc2cc(Cl)cc(Cl)c2)c1. The summed E-state index contributed by atoms with van der Waals surface area (Å²) in [6.07, 6.45) is 0.904. The first kappa shape index (κ1) is 19.3. The number of halogens is 2. The maximum absolute atomic E-state index is 12.4. The number of carbonyl (C=O) groups is 2. The lowest BCUT2D eigenvalue weighted by Crippen LogP contribution is -2.25. The molecule has 0 atom stereocenters. The average Bonchev–Trinajstić information content (AvgIpc) is 2.53. The van der Waals surface area contributed by atoms with E-state index in [1.165, 1.54) is 0 Å². The van der Waals surface area contributed by atoms with Crippen molar-refractivity contribution < 1.29 is 9.59 Å². The topological polar surface area (TPSA) is 58.2 Å². The third kappa shape index (κ3) is 6.07. The third-order valence-corrected chi connectivity index (χ3v) is 3.95. The van der Waals surface area contributed by atoms with Crippen molar-refractivity contribution in [2.45, 2.75) is 20.3 Å². The van der Waals surface area contributed by atoms with Crippen LogP contribution in [-0.4, -0.2) is 18.4 Å². The summed E-state index contributed by atoms with van der Waals surface area (Å²) in [7, 11) is 0. The summed E-state index contributed by atoms with van der Waals surface area (Å²) >= 11 is 11.9. The number of hydrogen-bond donors (Lipinski definition) is 2. The lowest BCUT2D eigenvalue weighted by molar-refractivity contribution is 0.0952. The van der Waals surface area contributed by atoms with Gasteiger partial charge in [-0.2, -0.15) is 0 Å². The molecular formula is C19H20Cl2N2O2. The van der Waals surface area contributed by atoms with Crippen molar-refractivity contribution in [1.29, 1.82) is 0 Å². The second-order valence-corrected chi connectivity index (χ2v) is 7.00. The van der Waals surface area contributed by atoms with Crippen LogP contribution in [-0.2, 0) is 0 Å². The van der Waals surface area contributed by atoms with Crippen LogP contribution >= 0.6 is 23.2 Å². The molecule has 25 heavy (non-hydrogen) atoms. The van der Waals surface area contributed by atoms with E-state index in [1.54, 1.807) is 42.5 Å². The molecule has 0 radical (unpaired) electrons. The van der Waals surface area contributed by atoms with E-state index in [4.69, 9.17) is 23.2 Å². The molecule has 0 aliphatic carbocycles. The Morgan fingerprint density at radius 1 is 0.960 bits per heavy atom. The van der Waals surface area contributed by atoms with Crippen LogP contribution in [0.2, 0.25) is 10.0 Å². The first-order chi connectivity index (χ1) is 11.8. The number of benzene rings is 2. The summed E-state index contributed by atoms with van der Waals surface area (Å²) in [5.74, 6) is -0.0156. The van der Waals surface area contributed by atoms with E-state index in [0.29, 0.717) is 39.3 Å². The van der Waals surface area contributed by atoms with Gasteiger partial charge in [-0.3, -0.25) is 9.59 Å². The first-order valence-corrected chi connectivity index (χ1v) is 8.76. The highest BCUT2D eigenvalue weighted by molar-refractivity contribution is 6.35. The van der Waals surface area contributed by atoms with E-state index >= 15 is 0 Å². The van der Waals surface area contributed by atoms with Gasteiger partial charge in [-0.25, -0.2) is 0 Å². The fourth-order valence-electron chi connectivity index (χ4n) is 2.21. The minimum absolute atomic E-state index is 0.193. The molecule has 2 rings (SSSR count). The predicted molar refractivity (Wildman–Crippen MR) is 103 cm³/mol. The number of hydrogen-bond acceptors (Lipinski definition) is 2. The molecular weight excluding hydrogens is 359 g/mol. The number of nitrogens with one attached hydrogen (secondary N) is 2. The highest BCUT2D eigenvalue weighted by Crippen LogP contribution is 2.23. The van der Waals surface area contributed by atoms with Crippen molar-refractivity contribution in [3.63, 3.8) is 0 Å². The quantitative estimate of drug-likeness (QED) is 0.740. The van der Waals surface area contributed by atoms with Gasteiger partial charge in [0.1, 0.15) is 0 Å². The monoisotopic (exact) mass is 378 g/mol. The van der Waals surface area contributed by atoms with E-state index in [0.717, 1.165) is 6.42 Å². The van der Waals surface area contributed by atoms with E-state index in [2.05, 4.69) is 24.5 Å². The molecule has 2 aromatic carbocycles. The first-order valence-electron chi connectivity index (χ1n) is 8.01. The summed E-state index contributed by atoms with van der Waals surface area (Å²) in [5.41, 5.74) is 1.32. The van der Waals surface area contributed by atoms with Gasteiger partial charge < -0.3 is 10.6 Å². The minimum atomic E-state index is -0.338. The van der Waals surface area contributed by atoms with Gasteiger partial charge in [-0.15, -0.1) is 0 Å². The normalized spacial score (nSPS) is 10.6. The summed E-state index contributed by atoms with van der Waals surface area (Å²) in [6.45, 7) is 4.80. The van der Waals surface area contributed by atoms with Gasteiger partial charge in [0.05, 0.1) is 0 Å². The van der Waals surface area contributed by atoms with Gasteiger partial charge in [0.15, 0.2) is 0 Å². The van der Waals surface area contributed by atoms with Crippen molar-refractivity contribution in [2.75, 3.05) is 11.9 Å². The van der Waals surface area contributed by atoms with Gasteiger partial charge in [0, 0.05) is 33.4 Å². The summed E-state index contributed by atoms with van der Waals surface area (Å²) in [4.78, 5) is 24.6. The van der Waals surface area contributed by atoms with Crippen molar-refractivity contribution in [2.24, 2.45) is 5.92 Å². The Kier molecular flexibility index (Phi) is 6.85. The van der Waals surface area contributed by atoms with Crippen LogP contribution in [0.3, 0.4) is 0 Å². The molecule has 2 aromatic rings. The molecule has 0 aliphatic rings. The average molecular weight is 379 g/mol. The highest BCUT2D eigenvalue weighted by atomic mass is 35.5. The van der Waals surface area contributed by atoms with Gasteiger partial charge >= 0.3 is 0 Å². The van der Waals surface area contributed by atoms with Crippen molar-refractivity contribution in [3.8, 4) is 0 Å². The fraction of sp³-hybridized carbons (Fsp3) is 0.263. The van der Waals surface area contributed by atoms with Crippen molar-refractivity contribution in [1.82, 2.24) is 5.32 Å². The molecule has 0 saturated heterocycles. The Balaban J connectivity index is 2.06. The van der Waals surface area contributed by atoms with Crippen LogP contribution in [0, 0.1) is 5.92 Å². The third-order valence-electron chi connectivity index (χ3n) is 3.51. The smallest absolute Gasteiger partial charge is 0.255 e. The summed E-state index contributed by atoms with van der Waals surface area (Å²) in [6, 6.07) is 11.4. The second-order valence-electron chi connectivity index (χ2n) is 6.13. The highest BCUT2D eigenvalue weighted by Gasteiger charge is 2.11. The Labute approximate surface area is 157 Å². The Bertz CT molecular complexity index is 756. The Morgan fingerprint density at radius 2 is 1.56 bits per heavy atom. The van der Waals surface area contributed by atoms with Crippen molar-refractivity contribution in [3.05, 3.63) is 63.6 Å². The molecule has 6 heteroatoms. The number of anilines is 1. The van der Waals surface area contributed by atoms with E-state index in [-0.39, 0.29) is 11.8 Å². The zero-order valence-electron chi connectivity index (χ0n) is 14.1. The molecule has 4 nitrogen and oxygen atoms in total. The number of carbonyl (C=O) groups excluding carboxylic acids is 2. The van der Waals surface area contributed by atoms with Gasteiger partial charge in [0.2, 0.25) is 0 Å². The Hall–Kier alpha value is -2.04. The van der Waals surface area contributed by atoms with Crippen LogP contribution in [0.25, 0.3) is 0 Å². The molecule has 0 aromatic heterocycles. The molecule has 0 saturated carbocycles. The van der Waals surface area contributed by atoms with Crippen LogP contribution in [0.15, 0.2) is 42.5 Å². The van der Waals surface area contributed by atoms with Crippen LogP contribution in [0.4, 0.5) is 5.69 Å². The molecule has 0 bridgehead atoms. The molecule has 0 spiro atoms. The second kappa shape index (κ2) is 8.88. The van der Waals surface area contributed by atoms with E-state index in [9.17, 15) is 9.59 Å². The zero-order chi connectivity index (χ0) is 18.4. The molecule has 0 heterocycles. The summed E-state index contributed by atoms with van der Waals surface area (Å²) in [5, 5.41) is 6.44. The minimum Gasteiger partial charge on any atom is -0.352 e. The summed E-state index contributed by atoms with van der Waals surface area (Å²) < 4.78 is 0. The van der Waals surface area contributed by atoms with Gasteiger partial charge in [-0.1, -0.05) is 43.1 Å².